The molecule has 1 N–H and O–H groups in total. The maximum absolute atomic E-state index is 11.9. The number of carbonyl (C=O) groups excluding carboxylic acids is 1. The van der Waals surface area contributed by atoms with E-state index in [-0.39, 0.29) is 5.69 Å². The molecule has 1 aromatic carbocycles. The average Bonchev–Trinajstić information content (AvgIpc) is 2.41. The van der Waals surface area contributed by atoms with Crippen LogP contribution in [0.25, 0.3) is 0 Å². The van der Waals surface area contributed by atoms with Crippen LogP contribution in [0.3, 0.4) is 0 Å². The fourth-order valence-corrected chi connectivity index (χ4v) is 1.78. The molecule has 0 fully saturated rings. The van der Waals surface area contributed by atoms with Gasteiger partial charge in [-0.25, -0.2) is 4.98 Å². The summed E-state index contributed by atoms with van der Waals surface area (Å²) in [7, 11) is 0. The molecule has 0 unspecified atom stereocenters. The van der Waals surface area contributed by atoms with Crippen molar-refractivity contribution in [1.29, 1.82) is 5.26 Å². The van der Waals surface area contributed by atoms with Gasteiger partial charge in [-0.05, 0) is 25.1 Å². The highest BCUT2D eigenvalue weighted by Gasteiger charge is 2.10. The van der Waals surface area contributed by atoms with Crippen molar-refractivity contribution in [3.63, 3.8) is 0 Å². The number of nitriles is 1. The smallest absolute Gasteiger partial charge is 0.275 e. The van der Waals surface area contributed by atoms with Crippen LogP contribution >= 0.6 is 15.9 Å². The van der Waals surface area contributed by atoms with Gasteiger partial charge in [-0.1, -0.05) is 15.9 Å². The van der Waals surface area contributed by atoms with E-state index in [0.29, 0.717) is 11.3 Å². The number of nitrogens with one attached hydrogen (secondary N) is 1. The molecule has 2 aromatic rings. The Labute approximate surface area is 118 Å². The van der Waals surface area contributed by atoms with Crippen molar-refractivity contribution in [1.82, 2.24) is 9.97 Å². The number of benzene rings is 1. The first-order chi connectivity index (χ1) is 9.10. The van der Waals surface area contributed by atoms with Crippen LogP contribution in [0, 0.1) is 18.3 Å². The quantitative estimate of drug-likeness (QED) is 0.923. The molecule has 0 saturated heterocycles. The number of carbonyl (C=O) groups is 1. The first-order valence-corrected chi connectivity index (χ1v) is 6.19. The Morgan fingerprint density at radius 1 is 1.37 bits per heavy atom. The molecule has 0 bridgehead atoms. The standard InChI is InChI=1S/C13H9BrN4O/c1-8-6-17-12(7-16-8)13(19)18-11-3-2-10(14)4-9(11)5-15/h2-4,6-7H,1H3,(H,18,19). The van der Waals surface area contributed by atoms with Gasteiger partial charge in [0.2, 0.25) is 0 Å². The number of amides is 1. The fraction of sp³-hybridized carbons (Fsp3) is 0.0769. The molecule has 0 radical (unpaired) electrons. The summed E-state index contributed by atoms with van der Waals surface area (Å²) in [5.41, 5.74) is 1.76. The van der Waals surface area contributed by atoms with E-state index in [1.165, 1.54) is 12.4 Å². The van der Waals surface area contributed by atoms with Gasteiger partial charge >= 0.3 is 0 Å². The molecular formula is C13H9BrN4O. The Morgan fingerprint density at radius 3 is 2.79 bits per heavy atom. The molecule has 0 atom stereocenters. The summed E-state index contributed by atoms with van der Waals surface area (Å²) in [5.74, 6) is -0.397. The highest BCUT2D eigenvalue weighted by atomic mass is 79.9. The summed E-state index contributed by atoms with van der Waals surface area (Å²) < 4.78 is 0.775. The van der Waals surface area contributed by atoms with Gasteiger partial charge in [0.25, 0.3) is 5.91 Å². The second-order valence-corrected chi connectivity index (χ2v) is 4.71. The van der Waals surface area contributed by atoms with Gasteiger partial charge in [-0.15, -0.1) is 0 Å². The first kappa shape index (κ1) is 13.2. The number of hydrogen-bond donors (Lipinski definition) is 1. The van der Waals surface area contributed by atoms with Gasteiger partial charge in [0.05, 0.1) is 23.1 Å². The second-order valence-electron chi connectivity index (χ2n) is 3.80. The van der Waals surface area contributed by atoms with Crippen LogP contribution in [0.2, 0.25) is 0 Å². The third kappa shape index (κ3) is 3.14. The highest BCUT2D eigenvalue weighted by Crippen LogP contribution is 2.20. The van der Waals surface area contributed by atoms with E-state index in [9.17, 15) is 4.79 Å². The first-order valence-electron chi connectivity index (χ1n) is 5.40. The average molecular weight is 317 g/mol. The molecule has 0 aliphatic heterocycles. The number of anilines is 1. The molecule has 94 valence electrons. The van der Waals surface area contributed by atoms with Crippen LogP contribution in [0.1, 0.15) is 21.7 Å². The fourth-order valence-electron chi connectivity index (χ4n) is 1.41. The molecule has 19 heavy (non-hydrogen) atoms. The summed E-state index contributed by atoms with van der Waals surface area (Å²) in [6.45, 7) is 1.79. The Kier molecular flexibility index (Phi) is 3.88. The lowest BCUT2D eigenvalue weighted by Gasteiger charge is -2.06. The van der Waals surface area contributed by atoms with Crippen molar-refractivity contribution in [2.75, 3.05) is 5.32 Å². The molecule has 1 heterocycles. The summed E-state index contributed by atoms with van der Waals surface area (Å²) in [6.07, 6.45) is 2.91. The van der Waals surface area contributed by atoms with E-state index in [2.05, 4.69) is 31.2 Å². The van der Waals surface area contributed by atoms with E-state index in [1.807, 2.05) is 6.07 Å². The number of halogens is 1. The lowest BCUT2D eigenvalue weighted by Crippen LogP contribution is -2.15. The van der Waals surface area contributed by atoms with Crippen LogP contribution < -0.4 is 5.32 Å². The third-order valence-corrected chi connectivity index (χ3v) is 2.86. The Bertz CT molecular complexity index is 661. The van der Waals surface area contributed by atoms with Crippen molar-refractivity contribution in [3.8, 4) is 6.07 Å². The van der Waals surface area contributed by atoms with Crippen molar-refractivity contribution in [3.05, 3.63) is 52.0 Å². The van der Waals surface area contributed by atoms with Crippen LogP contribution in [0.15, 0.2) is 35.1 Å². The summed E-state index contributed by atoms with van der Waals surface area (Å²) in [5, 5.41) is 11.7. The van der Waals surface area contributed by atoms with Crippen LogP contribution in [-0.2, 0) is 0 Å². The molecule has 0 aliphatic rings. The molecule has 1 aromatic heterocycles. The zero-order valence-electron chi connectivity index (χ0n) is 10.0. The molecule has 0 spiro atoms. The van der Waals surface area contributed by atoms with E-state index in [0.717, 1.165) is 10.2 Å². The van der Waals surface area contributed by atoms with Crippen LogP contribution in [-0.4, -0.2) is 15.9 Å². The number of hydrogen-bond acceptors (Lipinski definition) is 4. The molecular weight excluding hydrogens is 308 g/mol. The van der Waals surface area contributed by atoms with Gasteiger partial charge in [0, 0.05) is 10.7 Å². The Hall–Kier alpha value is -2.26. The zero-order chi connectivity index (χ0) is 13.8. The molecule has 6 heteroatoms. The van der Waals surface area contributed by atoms with E-state index >= 15 is 0 Å². The number of nitrogens with zero attached hydrogens (tertiary/aromatic N) is 3. The topological polar surface area (TPSA) is 78.7 Å². The zero-order valence-corrected chi connectivity index (χ0v) is 11.6. The predicted molar refractivity (Wildman–Crippen MR) is 73.6 cm³/mol. The lowest BCUT2D eigenvalue weighted by atomic mass is 10.2. The maximum Gasteiger partial charge on any atom is 0.275 e. The van der Waals surface area contributed by atoms with Gasteiger partial charge < -0.3 is 5.32 Å². The SMILES string of the molecule is Cc1cnc(C(=O)Nc2ccc(Br)cc2C#N)cn1. The minimum Gasteiger partial charge on any atom is -0.319 e. The van der Waals surface area contributed by atoms with Crippen molar-refractivity contribution in [2.45, 2.75) is 6.92 Å². The molecule has 5 nitrogen and oxygen atoms in total. The van der Waals surface area contributed by atoms with E-state index < -0.39 is 5.91 Å². The Balaban J connectivity index is 2.24. The summed E-state index contributed by atoms with van der Waals surface area (Å²) in [4.78, 5) is 19.9. The lowest BCUT2D eigenvalue weighted by molar-refractivity contribution is 0.102. The van der Waals surface area contributed by atoms with E-state index in [1.54, 1.807) is 25.1 Å². The van der Waals surface area contributed by atoms with Crippen molar-refractivity contribution in [2.24, 2.45) is 0 Å². The molecule has 0 aliphatic carbocycles. The summed E-state index contributed by atoms with van der Waals surface area (Å²) >= 11 is 3.27. The number of aromatic nitrogens is 2. The van der Waals surface area contributed by atoms with Crippen LogP contribution in [0.4, 0.5) is 5.69 Å². The number of rotatable bonds is 2. The minimum atomic E-state index is -0.397. The van der Waals surface area contributed by atoms with Crippen molar-refractivity contribution < 1.29 is 4.79 Å². The van der Waals surface area contributed by atoms with E-state index in [4.69, 9.17) is 5.26 Å². The molecule has 0 saturated carbocycles. The largest absolute Gasteiger partial charge is 0.319 e. The predicted octanol–water partition coefficient (Wildman–Crippen LogP) is 2.67. The second kappa shape index (κ2) is 5.59. The van der Waals surface area contributed by atoms with Gasteiger partial charge in [-0.2, -0.15) is 5.26 Å². The monoisotopic (exact) mass is 316 g/mol. The molecule has 2 rings (SSSR count). The number of aryl methyl sites for hydroxylation is 1. The summed E-state index contributed by atoms with van der Waals surface area (Å²) in [6, 6.07) is 7.06. The van der Waals surface area contributed by atoms with Crippen molar-refractivity contribution >= 4 is 27.5 Å². The third-order valence-electron chi connectivity index (χ3n) is 2.36. The highest BCUT2D eigenvalue weighted by molar-refractivity contribution is 9.10. The maximum atomic E-state index is 11.9. The minimum absolute atomic E-state index is 0.206. The van der Waals surface area contributed by atoms with Crippen LogP contribution in [0.5, 0.6) is 0 Å². The van der Waals surface area contributed by atoms with Gasteiger partial charge in [0.1, 0.15) is 11.8 Å². The van der Waals surface area contributed by atoms with Gasteiger partial charge in [0.15, 0.2) is 0 Å². The van der Waals surface area contributed by atoms with Gasteiger partial charge in [-0.3, -0.25) is 9.78 Å². The Morgan fingerprint density at radius 2 is 2.16 bits per heavy atom. The normalized spacial score (nSPS) is 9.74. The molecule has 1 amide bonds.